The summed E-state index contributed by atoms with van der Waals surface area (Å²) >= 11 is 0. The summed E-state index contributed by atoms with van der Waals surface area (Å²) in [7, 11) is 4.02. The Morgan fingerprint density at radius 2 is 1.71 bits per heavy atom. The first-order valence-electron chi connectivity index (χ1n) is 5.18. The van der Waals surface area contributed by atoms with Gasteiger partial charge in [-0.05, 0) is 27.9 Å². The third kappa shape index (κ3) is 5.54. The molecule has 0 radical (unpaired) electrons. The fraction of sp³-hybridized carbons (Fsp3) is 1.00. The van der Waals surface area contributed by atoms with Gasteiger partial charge in [-0.3, -0.25) is 4.90 Å². The summed E-state index contributed by atoms with van der Waals surface area (Å²) in [6, 6.07) is 0.302. The third-order valence-corrected chi connectivity index (χ3v) is 2.24. The van der Waals surface area contributed by atoms with E-state index < -0.39 is 6.23 Å². The van der Waals surface area contributed by atoms with Crippen LogP contribution in [0, 0.1) is 0 Å². The van der Waals surface area contributed by atoms with Crippen molar-refractivity contribution in [2.75, 3.05) is 33.8 Å². The van der Waals surface area contributed by atoms with Gasteiger partial charge < -0.3 is 15.1 Å². The summed E-state index contributed by atoms with van der Waals surface area (Å²) in [4.78, 5) is 4.08. The van der Waals surface area contributed by atoms with Crippen LogP contribution in [0.1, 0.15) is 20.3 Å². The smallest absolute Gasteiger partial charge is 0.109 e. The van der Waals surface area contributed by atoms with E-state index in [1.54, 1.807) is 0 Å². The fourth-order valence-corrected chi connectivity index (χ4v) is 1.35. The fourth-order valence-electron chi connectivity index (χ4n) is 1.35. The Labute approximate surface area is 87.1 Å². The Kier molecular flexibility index (Phi) is 7.09. The number of hydrogen-bond donors (Lipinski definition) is 2. The first-order chi connectivity index (χ1) is 6.49. The number of likely N-dealkylation sites (N-methyl/N-ethyl adjacent to an activating group) is 1. The molecule has 0 fully saturated rings. The van der Waals surface area contributed by atoms with E-state index in [0.29, 0.717) is 12.5 Å². The van der Waals surface area contributed by atoms with Crippen LogP contribution < -0.4 is 0 Å². The van der Waals surface area contributed by atoms with Crippen LogP contribution >= 0.6 is 0 Å². The highest BCUT2D eigenvalue weighted by molar-refractivity contribution is 4.67. The second-order valence-electron chi connectivity index (χ2n) is 4.13. The molecule has 2 N–H and O–H groups in total. The molecule has 0 bridgehead atoms. The van der Waals surface area contributed by atoms with Crippen LogP contribution in [0.5, 0.6) is 0 Å². The van der Waals surface area contributed by atoms with Crippen LogP contribution in [0.15, 0.2) is 0 Å². The van der Waals surface area contributed by atoms with Gasteiger partial charge in [0, 0.05) is 32.2 Å². The Hall–Kier alpha value is -0.160. The predicted molar refractivity (Wildman–Crippen MR) is 58.1 cm³/mol. The van der Waals surface area contributed by atoms with Gasteiger partial charge in [-0.1, -0.05) is 0 Å². The quantitative estimate of drug-likeness (QED) is 0.571. The molecule has 1 unspecified atom stereocenters. The molecule has 0 rings (SSSR count). The summed E-state index contributed by atoms with van der Waals surface area (Å²) in [6.07, 6.45) is -0.106. The number of aliphatic hydroxyl groups excluding tert-OH is 2. The average molecular weight is 204 g/mol. The lowest BCUT2D eigenvalue weighted by atomic mass is 10.2. The van der Waals surface area contributed by atoms with E-state index in [1.165, 1.54) is 0 Å². The van der Waals surface area contributed by atoms with Crippen molar-refractivity contribution in [3.8, 4) is 0 Å². The van der Waals surface area contributed by atoms with Crippen molar-refractivity contribution in [1.82, 2.24) is 9.80 Å². The van der Waals surface area contributed by atoms with Gasteiger partial charge >= 0.3 is 0 Å². The molecule has 0 saturated heterocycles. The zero-order valence-electron chi connectivity index (χ0n) is 9.77. The van der Waals surface area contributed by atoms with Gasteiger partial charge in [0.15, 0.2) is 0 Å². The number of rotatable bonds is 7. The number of hydrogen-bond acceptors (Lipinski definition) is 4. The second-order valence-corrected chi connectivity index (χ2v) is 4.13. The highest BCUT2D eigenvalue weighted by Crippen LogP contribution is 2.06. The van der Waals surface area contributed by atoms with E-state index >= 15 is 0 Å². The molecule has 0 aliphatic heterocycles. The highest BCUT2D eigenvalue weighted by atomic mass is 16.3. The minimum absolute atomic E-state index is 0.0341. The zero-order chi connectivity index (χ0) is 11.1. The topological polar surface area (TPSA) is 46.9 Å². The van der Waals surface area contributed by atoms with Gasteiger partial charge in [0.25, 0.3) is 0 Å². The Morgan fingerprint density at radius 3 is 2.07 bits per heavy atom. The first kappa shape index (κ1) is 13.8. The van der Waals surface area contributed by atoms with Crippen molar-refractivity contribution in [3.63, 3.8) is 0 Å². The molecule has 0 aliphatic rings. The minimum atomic E-state index is -0.528. The molecule has 0 aliphatic carbocycles. The van der Waals surface area contributed by atoms with Crippen molar-refractivity contribution in [1.29, 1.82) is 0 Å². The molecule has 0 aromatic rings. The van der Waals surface area contributed by atoms with Crippen molar-refractivity contribution in [2.45, 2.75) is 32.5 Å². The highest BCUT2D eigenvalue weighted by Gasteiger charge is 2.17. The molecule has 0 spiro atoms. The van der Waals surface area contributed by atoms with Crippen LogP contribution in [0.25, 0.3) is 0 Å². The maximum Gasteiger partial charge on any atom is 0.109 e. The average Bonchev–Trinajstić information content (AvgIpc) is 2.03. The molecule has 0 heterocycles. The van der Waals surface area contributed by atoms with Crippen molar-refractivity contribution in [3.05, 3.63) is 0 Å². The van der Waals surface area contributed by atoms with Crippen LogP contribution in [0.2, 0.25) is 0 Å². The molecular formula is C10H24N2O2. The second kappa shape index (κ2) is 7.17. The minimum Gasteiger partial charge on any atom is -0.396 e. The molecule has 4 heteroatoms. The van der Waals surface area contributed by atoms with Gasteiger partial charge in [-0.15, -0.1) is 0 Å². The monoisotopic (exact) mass is 204 g/mol. The molecule has 0 aromatic heterocycles. The SMILES string of the molecule is CC(C)N(CCN(C)C)C(O)CCO. The summed E-state index contributed by atoms with van der Waals surface area (Å²) in [5.41, 5.74) is 0. The van der Waals surface area contributed by atoms with Crippen molar-refractivity contribution in [2.24, 2.45) is 0 Å². The third-order valence-electron chi connectivity index (χ3n) is 2.24. The summed E-state index contributed by atoms with van der Waals surface area (Å²) in [6.45, 7) is 5.88. The van der Waals surface area contributed by atoms with E-state index in [4.69, 9.17) is 5.11 Å². The van der Waals surface area contributed by atoms with Gasteiger partial charge in [0.05, 0.1) is 0 Å². The van der Waals surface area contributed by atoms with Crippen LogP contribution in [0.4, 0.5) is 0 Å². The van der Waals surface area contributed by atoms with Crippen LogP contribution in [-0.2, 0) is 0 Å². The van der Waals surface area contributed by atoms with Gasteiger partial charge in [0.1, 0.15) is 6.23 Å². The first-order valence-corrected chi connectivity index (χ1v) is 5.18. The Balaban J connectivity index is 4.00. The molecule has 1 atom stereocenters. The van der Waals surface area contributed by atoms with Crippen LogP contribution in [-0.4, -0.2) is 66.1 Å². The van der Waals surface area contributed by atoms with E-state index in [0.717, 1.165) is 13.1 Å². The lowest BCUT2D eigenvalue weighted by molar-refractivity contribution is -0.0330. The normalized spacial score (nSPS) is 14.4. The maximum absolute atomic E-state index is 9.74. The Bertz CT molecular complexity index is 140. The van der Waals surface area contributed by atoms with E-state index in [2.05, 4.69) is 18.7 Å². The van der Waals surface area contributed by atoms with Gasteiger partial charge in [-0.25, -0.2) is 0 Å². The van der Waals surface area contributed by atoms with Gasteiger partial charge in [0.2, 0.25) is 0 Å². The predicted octanol–water partition coefficient (Wildman–Crippen LogP) is -0.0408. The van der Waals surface area contributed by atoms with Crippen molar-refractivity contribution >= 4 is 0 Å². The molecular weight excluding hydrogens is 180 g/mol. The van der Waals surface area contributed by atoms with Gasteiger partial charge in [-0.2, -0.15) is 0 Å². The summed E-state index contributed by atoms with van der Waals surface area (Å²) in [5, 5.41) is 18.5. The molecule has 0 aromatic carbocycles. The lowest BCUT2D eigenvalue weighted by Crippen LogP contribution is -2.44. The van der Waals surface area contributed by atoms with E-state index in [-0.39, 0.29) is 6.61 Å². The van der Waals surface area contributed by atoms with Crippen LogP contribution in [0.3, 0.4) is 0 Å². The molecule has 0 saturated carbocycles. The molecule has 4 nitrogen and oxygen atoms in total. The van der Waals surface area contributed by atoms with Crippen molar-refractivity contribution < 1.29 is 10.2 Å². The molecule has 14 heavy (non-hydrogen) atoms. The molecule has 86 valence electrons. The largest absolute Gasteiger partial charge is 0.396 e. The Morgan fingerprint density at radius 1 is 1.14 bits per heavy atom. The summed E-state index contributed by atoms with van der Waals surface area (Å²) in [5.74, 6) is 0. The number of nitrogens with zero attached hydrogens (tertiary/aromatic N) is 2. The lowest BCUT2D eigenvalue weighted by Gasteiger charge is -2.32. The standard InChI is InChI=1S/C10H24N2O2/c1-9(2)12(7-6-11(3)4)10(14)5-8-13/h9-10,13-14H,5-8H2,1-4H3. The summed E-state index contributed by atoms with van der Waals surface area (Å²) < 4.78 is 0. The molecule has 0 amide bonds. The zero-order valence-corrected chi connectivity index (χ0v) is 9.77. The maximum atomic E-state index is 9.74. The van der Waals surface area contributed by atoms with E-state index in [9.17, 15) is 5.11 Å². The van der Waals surface area contributed by atoms with E-state index in [1.807, 2.05) is 19.0 Å². The number of aliphatic hydroxyl groups is 2.